The van der Waals surface area contributed by atoms with Gasteiger partial charge in [0.25, 0.3) is 0 Å². The molecule has 2 N–H and O–H groups in total. The van der Waals surface area contributed by atoms with Gasteiger partial charge >= 0.3 is 0 Å². The van der Waals surface area contributed by atoms with Gasteiger partial charge in [-0.25, -0.2) is 17.7 Å². The number of allylic oxidation sites excluding steroid dienone is 1. The van der Waals surface area contributed by atoms with Crippen molar-refractivity contribution in [3.8, 4) is 0 Å². The van der Waals surface area contributed by atoms with E-state index in [0.29, 0.717) is 48.8 Å². The van der Waals surface area contributed by atoms with Crippen molar-refractivity contribution in [2.75, 3.05) is 24.7 Å². The van der Waals surface area contributed by atoms with Gasteiger partial charge in [0.15, 0.2) is 9.90 Å². The van der Waals surface area contributed by atoms with Gasteiger partial charge in [0.1, 0.15) is 5.82 Å². The fourth-order valence-electron chi connectivity index (χ4n) is 3.07. The molecule has 0 aliphatic carbocycles. The lowest BCUT2D eigenvalue weighted by Crippen LogP contribution is -2.40. The Balaban J connectivity index is 1.58. The number of H-pyrrole nitrogens is 1. The largest absolute Gasteiger partial charge is 0.302 e. The van der Waals surface area contributed by atoms with E-state index >= 15 is 0 Å². The third kappa shape index (κ3) is 4.93. The van der Waals surface area contributed by atoms with Crippen molar-refractivity contribution in [1.82, 2.24) is 24.1 Å². The third-order valence-corrected chi connectivity index (χ3v) is 6.99. The molecule has 3 rings (SSSR count). The van der Waals surface area contributed by atoms with Gasteiger partial charge in [-0.1, -0.05) is 6.08 Å². The van der Waals surface area contributed by atoms with Crippen molar-refractivity contribution in [3.05, 3.63) is 34.3 Å². The molecular weight excluding hydrogens is 420 g/mol. The molecule has 0 unspecified atom stereocenters. The van der Waals surface area contributed by atoms with Crippen LogP contribution in [0, 0.1) is 10.7 Å². The Labute approximate surface area is 172 Å². The Bertz CT molecular complexity index is 1010. The van der Waals surface area contributed by atoms with Gasteiger partial charge in [-0.3, -0.25) is 14.5 Å². The maximum absolute atomic E-state index is 12.5. The summed E-state index contributed by atoms with van der Waals surface area (Å²) in [5.41, 5.74) is 0.784. The summed E-state index contributed by atoms with van der Waals surface area (Å²) in [6.45, 7) is 5.01. The molecule has 1 amide bonds. The maximum atomic E-state index is 12.5. The minimum absolute atomic E-state index is 0.122. The molecule has 0 saturated carbocycles. The second-order valence-corrected chi connectivity index (χ2v) is 9.82. The molecule has 2 aromatic heterocycles. The minimum atomic E-state index is -3.20. The molecule has 0 radical (unpaired) electrons. The van der Waals surface area contributed by atoms with Gasteiger partial charge in [0.05, 0.1) is 18.4 Å². The highest BCUT2D eigenvalue weighted by Crippen LogP contribution is 2.23. The van der Waals surface area contributed by atoms with Crippen LogP contribution in [0.3, 0.4) is 0 Å². The lowest BCUT2D eigenvalue weighted by atomic mass is 9.97. The van der Waals surface area contributed by atoms with Crippen LogP contribution in [0.2, 0.25) is 0 Å². The number of anilines is 1. The number of carbonyl (C=O) groups excluding carboxylic acids is 1. The second-order valence-electron chi connectivity index (χ2n) is 6.59. The first-order valence-electron chi connectivity index (χ1n) is 8.73. The standard InChI is InChI=1S/C16H22N6O3S3/c1-3-6-22-13(19-20-16(22)26)9-12-10-27-15(17-12)18-14(23)11-4-7-21(8-5-11)28(2,24)25/h3,10-11H,1,4-9H2,2H3,(H,20,26)(H,17,18,23). The Morgan fingerprint density at radius 1 is 1.50 bits per heavy atom. The van der Waals surface area contributed by atoms with E-state index in [9.17, 15) is 13.2 Å². The van der Waals surface area contributed by atoms with Crippen LogP contribution in [-0.2, 0) is 27.8 Å². The van der Waals surface area contributed by atoms with E-state index in [0.717, 1.165) is 11.5 Å². The molecule has 1 aliphatic rings. The minimum Gasteiger partial charge on any atom is -0.302 e. The van der Waals surface area contributed by atoms with E-state index in [1.165, 1.54) is 21.9 Å². The highest BCUT2D eigenvalue weighted by molar-refractivity contribution is 7.88. The first-order valence-corrected chi connectivity index (χ1v) is 11.9. The normalized spacial score (nSPS) is 16.2. The molecule has 28 heavy (non-hydrogen) atoms. The summed E-state index contributed by atoms with van der Waals surface area (Å²) in [5.74, 6) is 0.416. The van der Waals surface area contributed by atoms with Crippen LogP contribution in [0.1, 0.15) is 24.4 Å². The van der Waals surface area contributed by atoms with Gasteiger partial charge in [-0.15, -0.1) is 17.9 Å². The smallest absolute Gasteiger partial charge is 0.229 e. The van der Waals surface area contributed by atoms with E-state index in [-0.39, 0.29) is 11.8 Å². The zero-order valence-corrected chi connectivity index (χ0v) is 17.9. The predicted octanol–water partition coefficient (Wildman–Crippen LogP) is 1.78. The zero-order valence-electron chi connectivity index (χ0n) is 15.4. The van der Waals surface area contributed by atoms with Crippen LogP contribution in [0.5, 0.6) is 0 Å². The summed E-state index contributed by atoms with van der Waals surface area (Å²) in [7, 11) is -3.20. The highest BCUT2D eigenvalue weighted by atomic mass is 32.2. The van der Waals surface area contributed by atoms with Crippen molar-refractivity contribution < 1.29 is 13.2 Å². The van der Waals surface area contributed by atoms with Crippen molar-refractivity contribution in [2.24, 2.45) is 5.92 Å². The molecule has 12 heteroatoms. The molecule has 1 saturated heterocycles. The van der Waals surface area contributed by atoms with Crippen LogP contribution in [-0.4, -0.2) is 57.7 Å². The fourth-order valence-corrected chi connectivity index (χ4v) is 4.88. The molecule has 9 nitrogen and oxygen atoms in total. The summed E-state index contributed by atoms with van der Waals surface area (Å²) in [5, 5.41) is 12.2. The predicted molar refractivity (Wildman–Crippen MR) is 110 cm³/mol. The highest BCUT2D eigenvalue weighted by Gasteiger charge is 2.29. The van der Waals surface area contributed by atoms with E-state index in [4.69, 9.17) is 12.2 Å². The van der Waals surface area contributed by atoms with Crippen LogP contribution in [0.15, 0.2) is 18.0 Å². The van der Waals surface area contributed by atoms with Gasteiger partial charge in [0, 0.05) is 30.9 Å². The molecule has 1 aliphatic heterocycles. The number of thiazole rings is 1. The fraction of sp³-hybridized carbons (Fsp3) is 0.500. The molecule has 0 spiro atoms. The Morgan fingerprint density at radius 3 is 2.86 bits per heavy atom. The van der Waals surface area contributed by atoms with E-state index in [1.807, 2.05) is 9.95 Å². The number of aromatic amines is 1. The number of sulfonamides is 1. The molecule has 2 aromatic rings. The number of nitrogens with one attached hydrogen (secondary N) is 2. The molecule has 1 fully saturated rings. The third-order valence-electron chi connectivity index (χ3n) is 4.56. The summed E-state index contributed by atoms with van der Waals surface area (Å²) in [4.78, 5) is 16.9. The first kappa shape index (κ1) is 20.8. The maximum Gasteiger partial charge on any atom is 0.229 e. The average Bonchev–Trinajstić information content (AvgIpc) is 3.23. The number of rotatable bonds is 7. The quantitative estimate of drug-likeness (QED) is 0.499. The van der Waals surface area contributed by atoms with Crippen LogP contribution in [0.25, 0.3) is 0 Å². The van der Waals surface area contributed by atoms with Crippen molar-refractivity contribution in [2.45, 2.75) is 25.8 Å². The van der Waals surface area contributed by atoms with Gasteiger partial charge in [-0.2, -0.15) is 5.10 Å². The number of carbonyl (C=O) groups is 1. The summed E-state index contributed by atoms with van der Waals surface area (Å²) >= 11 is 6.55. The zero-order chi connectivity index (χ0) is 20.3. The van der Waals surface area contributed by atoms with Crippen LogP contribution < -0.4 is 5.32 Å². The lowest BCUT2D eigenvalue weighted by molar-refractivity contribution is -0.120. The molecule has 0 aromatic carbocycles. The van der Waals surface area contributed by atoms with Gasteiger partial charge in [0.2, 0.25) is 15.9 Å². The molecular formula is C16H22N6O3S3. The summed E-state index contributed by atoms with van der Waals surface area (Å²) in [6, 6.07) is 0. The number of nitrogens with zero attached hydrogens (tertiary/aromatic N) is 4. The molecule has 3 heterocycles. The molecule has 0 bridgehead atoms. The lowest BCUT2D eigenvalue weighted by Gasteiger charge is -2.29. The SMILES string of the molecule is C=CCn1c(Cc2csc(NC(=O)C3CCN(S(C)(=O)=O)CC3)n2)n[nH]c1=S. The van der Waals surface area contributed by atoms with Gasteiger partial charge < -0.3 is 5.32 Å². The van der Waals surface area contributed by atoms with Crippen molar-refractivity contribution >= 4 is 44.6 Å². The van der Waals surface area contributed by atoms with Crippen molar-refractivity contribution in [1.29, 1.82) is 0 Å². The first-order chi connectivity index (χ1) is 13.3. The Hall–Kier alpha value is -1.89. The van der Waals surface area contributed by atoms with Crippen LogP contribution in [0.4, 0.5) is 5.13 Å². The van der Waals surface area contributed by atoms with E-state index in [2.05, 4.69) is 27.1 Å². The summed E-state index contributed by atoms with van der Waals surface area (Å²) in [6.07, 6.45) is 4.44. The Kier molecular flexibility index (Phi) is 6.43. The average molecular weight is 443 g/mol. The number of hydrogen-bond donors (Lipinski definition) is 2. The van der Waals surface area contributed by atoms with Gasteiger partial charge in [-0.05, 0) is 25.1 Å². The number of hydrogen-bond acceptors (Lipinski definition) is 7. The molecule has 152 valence electrons. The monoisotopic (exact) mass is 442 g/mol. The number of aromatic nitrogens is 4. The summed E-state index contributed by atoms with van der Waals surface area (Å²) < 4.78 is 26.9. The van der Waals surface area contributed by atoms with E-state index in [1.54, 1.807) is 6.08 Å². The number of piperidine rings is 1. The van der Waals surface area contributed by atoms with Crippen LogP contribution >= 0.6 is 23.6 Å². The Morgan fingerprint density at radius 2 is 2.21 bits per heavy atom. The van der Waals surface area contributed by atoms with Crippen molar-refractivity contribution in [3.63, 3.8) is 0 Å². The molecule has 0 atom stereocenters. The second kappa shape index (κ2) is 8.64. The van der Waals surface area contributed by atoms with E-state index < -0.39 is 10.0 Å². The topological polar surface area (TPSA) is 113 Å². The number of amides is 1.